The first-order valence-electron chi connectivity index (χ1n) is 34.0. The molecule has 1 heterocycles. The first kappa shape index (κ1) is 76.4. The lowest BCUT2D eigenvalue weighted by molar-refractivity contribution is -0.290. The molecule has 0 unspecified atom stereocenters. The Kier molecular flexibility index (Phi) is 20.9. The SMILES string of the molecule is Cc1ccc(S(=O)(=O)c2ccc(Oc3ccc(C(c4ccc(Oc5ccc(S(=O)(=O)c6ccc(CCCCc7ccc(C(c8ccc(Oc9ccc(C(=O)c%10ccc(-c%11ccc(C)c(-c%12nc%13ccccc%13o%12)c%11)cc%10)cc9)cc8)(C(F)(F)F)C(F)(F)F)cc7)cc6)cc5)cc4)(C(F)(F)F)C(F)(F)F)cc3)cc2)cc1. The number of aryl methyl sites for hydroxylation is 4. The number of alkyl halides is 12. The number of para-hydroxylation sites is 2. The van der Waals surface area contributed by atoms with Gasteiger partial charge in [0.25, 0.3) is 0 Å². The highest BCUT2D eigenvalue weighted by Gasteiger charge is 2.73. The van der Waals surface area contributed by atoms with Gasteiger partial charge in [0.05, 0.1) is 19.6 Å². The van der Waals surface area contributed by atoms with Gasteiger partial charge in [-0.3, -0.25) is 4.79 Å². The van der Waals surface area contributed by atoms with Gasteiger partial charge in [0, 0.05) is 16.7 Å². The number of unbranched alkanes of at least 4 members (excludes halogenated alkanes) is 1. The van der Waals surface area contributed by atoms with Crippen molar-refractivity contribution in [2.75, 3.05) is 0 Å². The number of oxazole rings is 1. The van der Waals surface area contributed by atoms with E-state index in [2.05, 4.69) is 4.98 Å². The van der Waals surface area contributed by atoms with E-state index in [1.807, 2.05) is 61.5 Å². The summed E-state index contributed by atoms with van der Waals surface area (Å²) in [5.74, 6) is -0.0623. The number of sulfone groups is 2. The fraction of sp³-hybridized carbons (Fsp3) is 0.140. The molecule has 0 radical (unpaired) electrons. The van der Waals surface area contributed by atoms with Crippen molar-refractivity contribution >= 4 is 36.6 Å². The van der Waals surface area contributed by atoms with E-state index in [1.165, 1.54) is 109 Å². The van der Waals surface area contributed by atoms with Gasteiger partial charge >= 0.3 is 24.7 Å². The first-order valence-corrected chi connectivity index (χ1v) is 37.0. The van der Waals surface area contributed by atoms with Crippen LogP contribution in [-0.4, -0.2) is 52.3 Å². The van der Waals surface area contributed by atoms with Gasteiger partial charge < -0.3 is 18.6 Å². The van der Waals surface area contributed by atoms with Crippen molar-refractivity contribution in [1.82, 2.24) is 4.98 Å². The second-order valence-corrected chi connectivity index (χ2v) is 30.0. The molecule has 0 atom stereocenters. The molecule has 560 valence electrons. The summed E-state index contributed by atoms with van der Waals surface area (Å²) >= 11 is 0. The fourth-order valence-corrected chi connectivity index (χ4v) is 15.7. The molecule has 110 heavy (non-hydrogen) atoms. The summed E-state index contributed by atoms with van der Waals surface area (Å²) in [6, 6.07) is 61.8. The molecule has 0 saturated carbocycles. The van der Waals surface area contributed by atoms with Crippen LogP contribution in [0, 0.1) is 13.8 Å². The van der Waals surface area contributed by atoms with Crippen molar-refractivity contribution in [1.29, 1.82) is 0 Å². The van der Waals surface area contributed by atoms with Crippen LogP contribution in [0.5, 0.6) is 34.5 Å². The second kappa shape index (κ2) is 30.0. The Morgan fingerprint density at radius 1 is 0.364 bits per heavy atom. The van der Waals surface area contributed by atoms with Gasteiger partial charge in [-0.2, -0.15) is 52.7 Å². The minimum Gasteiger partial charge on any atom is -0.457 e. The van der Waals surface area contributed by atoms with Crippen molar-refractivity contribution in [2.45, 2.75) is 94.6 Å². The van der Waals surface area contributed by atoms with Crippen molar-refractivity contribution in [3.63, 3.8) is 0 Å². The van der Waals surface area contributed by atoms with Gasteiger partial charge in [0.1, 0.15) is 40.0 Å². The highest BCUT2D eigenvalue weighted by atomic mass is 32.2. The third-order valence-corrected chi connectivity index (χ3v) is 22.6. The zero-order chi connectivity index (χ0) is 78.2. The minimum atomic E-state index is -5.94. The molecule has 0 aliphatic carbocycles. The average Bonchev–Trinajstić information content (AvgIpc) is 0.819. The van der Waals surface area contributed by atoms with Crippen LogP contribution < -0.4 is 14.2 Å². The number of ketones is 1. The van der Waals surface area contributed by atoms with Crippen LogP contribution in [0.1, 0.15) is 73.3 Å². The molecule has 12 aromatic carbocycles. The van der Waals surface area contributed by atoms with Crippen LogP contribution in [0.15, 0.2) is 309 Å². The van der Waals surface area contributed by atoms with Crippen molar-refractivity contribution in [3.8, 4) is 57.1 Å². The van der Waals surface area contributed by atoms with Crippen LogP contribution in [-0.2, 0) is 43.3 Å². The quantitative estimate of drug-likeness (QED) is 0.0345. The Hall–Kier alpha value is -11.8. The number of aromatic nitrogens is 1. The number of ether oxygens (including phenoxy) is 3. The van der Waals surface area contributed by atoms with E-state index in [0.29, 0.717) is 89.4 Å². The Morgan fingerprint density at radius 2 is 0.673 bits per heavy atom. The molecular weight excluding hydrogens is 1480 g/mol. The summed E-state index contributed by atoms with van der Waals surface area (Å²) in [5, 5.41) is 0. The Balaban J connectivity index is 0.595. The summed E-state index contributed by atoms with van der Waals surface area (Å²) < 4.78 is 259. The molecule has 0 fully saturated rings. The van der Waals surface area contributed by atoms with Crippen LogP contribution in [0.4, 0.5) is 52.7 Å². The van der Waals surface area contributed by atoms with Crippen LogP contribution in [0.2, 0.25) is 0 Å². The molecule has 10 nitrogen and oxygen atoms in total. The van der Waals surface area contributed by atoms with Crippen LogP contribution >= 0.6 is 0 Å². The summed E-state index contributed by atoms with van der Waals surface area (Å²) in [7, 11) is -8.08. The molecule has 24 heteroatoms. The molecule has 0 aliphatic heterocycles. The summed E-state index contributed by atoms with van der Waals surface area (Å²) in [6.07, 6.45) is -22.0. The highest BCUT2D eigenvalue weighted by molar-refractivity contribution is 7.91. The van der Waals surface area contributed by atoms with Gasteiger partial charge in [-0.25, -0.2) is 21.8 Å². The van der Waals surface area contributed by atoms with E-state index in [0.717, 1.165) is 81.9 Å². The molecule has 0 spiro atoms. The largest absolute Gasteiger partial charge is 0.457 e. The smallest absolute Gasteiger partial charge is 0.411 e. The van der Waals surface area contributed by atoms with Gasteiger partial charge in [-0.05, 0) is 241 Å². The molecule has 0 aliphatic rings. The molecule has 0 bridgehead atoms. The number of halogens is 12. The normalized spacial score (nSPS) is 12.6. The van der Waals surface area contributed by atoms with E-state index >= 15 is 52.7 Å². The van der Waals surface area contributed by atoms with Gasteiger partial charge in [-0.1, -0.05) is 139 Å². The topological polar surface area (TPSA) is 139 Å². The Morgan fingerprint density at radius 3 is 1.05 bits per heavy atom. The van der Waals surface area contributed by atoms with Gasteiger partial charge in [0.2, 0.25) is 36.4 Å². The maximum absolute atomic E-state index is 15.2. The number of benzene rings is 12. The third kappa shape index (κ3) is 15.3. The number of carbonyl (C=O) groups excluding carboxylic acids is 1. The van der Waals surface area contributed by atoms with Crippen molar-refractivity contribution in [3.05, 3.63) is 341 Å². The standard InChI is InChI=1S/C86H61F12NO9S2/c1-54-11-45-72(46-12-54)109(101,102)74-49-41-70(42-50-74)106-68-37-29-64(30-38-68)82(85(93,94)95,86(96,97)98)65-31-39-69(40-32-65)107-71-43-51-75(52-44-71)110(103,104)73-47-16-57(17-48-73)8-4-3-7-56-14-25-62(26-15-56)81(83(87,88)89,84(90,91)92)63-27-35-67(36-28-63)105-66-33-23-60(24-34-66)79(100)59-21-19-58(20-22-59)61-18-13-55(2)76(53-61)80-99-77-9-5-6-10-78(77)108-80/h5-6,9-53H,3-4,7-8H2,1-2H3. The van der Waals surface area contributed by atoms with E-state index in [1.54, 1.807) is 43.3 Å². The number of rotatable bonds is 23. The highest BCUT2D eigenvalue weighted by Crippen LogP contribution is 2.58. The molecule has 0 N–H and O–H groups in total. The number of nitrogens with zero attached hydrogens (tertiary/aromatic N) is 1. The van der Waals surface area contributed by atoms with Gasteiger partial charge in [-0.15, -0.1) is 0 Å². The predicted octanol–water partition coefficient (Wildman–Crippen LogP) is 23.4. The lowest BCUT2D eigenvalue weighted by Gasteiger charge is -2.38. The first-order chi connectivity index (χ1) is 52.2. The Labute approximate surface area is 623 Å². The van der Waals surface area contributed by atoms with E-state index in [4.69, 9.17) is 18.6 Å². The zero-order valence-corrected chi connectivity index (χ0v) is 59.6. The lowest BCUT2D eigenvalue weighted by Crippen LogP contribution is -2.54. The van der Waals surface area contributed by atoms with Crippen molar-refractivity contribution in [2.24, 2.45) is 0 Å². The number of hydrogen-bond donors (Lipinski definition) is 0. The maximum Gasteiger partial charge on any atom is 0.411 e. The monoisotopic (exact) mass is 1540 g/mol. The fourth-order valence-electron chi connectivity index (χ4n) is 13.1. The van der Waals surface area contributed by atoms with Crippen LogP contribution in [0.3, 0.4) is 0 Å². The minimum absolute atomic E-state index is 0.0197. The summed E-state index contributed by atoms with van der Waals surface area (Å²) in [5.41, 5.74) is -5.95. The average molecular weight is 1540 g/mol. The van der Waals surface area contributed by atoms with E-state index in [-0.39, 0.29) is 66.3 Å². The van der Waals surface area contributed by atoms with E-state index in [9.17, 15) is 21.6 Å². The summed E-state index contributed by atoms with van der Waals surface area (Å²) in [4.78, 5) is 17.9. The van der Waals surface area contributed by atoms with E-state index < -0.39 is 77.5 Å². The number of hydrogen-bond acceptors (Lipinski definition) is 10. The molecule has 0 saturated heterocycles. The molecule has 13 aromatic rings. The van der Waals surface area contributed by atoms with Crippen molar-refractivity contribution < 1.29 is 92.9 Å². The zero-order valence-electron chi connectivity index (χ0n) is 57.9. The Bertz CT molecular complexity index is 5640. The molecule has 1 aromatic heterocycles. The second-order valence-electron chi connectivity index (χ2n) is 26.1. The summed E-state index contributed by atoms with van der Waals surface area (Å²) in [6.45, 7) is 3.75. The molecule has 0 amide bonds. The maximum atomic E-state index is 15.2. The number of carbonyl (C=O) groups is 1. The van der Waals surface area contributed by atoms with Gasteiger partial charge in [0.15, 0.2) is 11.4 Å². The third-order valence-electron chi connectivity index (χ3n) is 19.0. The van der Waals surface area contributed by atoms with Crippen LogP contribution in [0.25, 0.3) is 33.7 Å². The molecule has 13 rings (SSSR count). The number of fused-ring (bicyclic) bond motifs is 1. The lowest BCUT2D eigenvalue weighted by atomic mass is 9.72. The molecular formula is C86H61F12NO9S2. The predicted molar refractivity (Wildman–Crippen MR) is 389 cm³/mol.